The van der Waals surface area contributed by atoms with Gasteiger partial charge in [-0.2, -0.15) is 0 Å². The standard InChI is InChI=1S/C21H22N2O5/c1-27-20(25)16-9-17(21(26)28-2)11-18(10-16)22-19(24)13-23-8-7-14-5-3-4-6-15(14)12-23/h3-6,9-11H,7-8,12-13H2,1-2H3,(H,22,24). The second-order valence-electron chi connectivity index (χ2n) is 6.56. The zero-order valence-electron chi connectivity index (χ0n) is 15.9. The fourth-order valence-corrected chi connectivity index (χ4v) is 3.26. The van der Waals surface area contributed by atoms with Gasteiger partial charge in [0, 0.05) is 18.8 Å². The number of methoxy groups -OCH3 is 2. The summed E-state index contributed by atoms with van der Waals surface area (Å²) in [5.41, 5.74) is 3.20. The first kappa shape index (κ1) is 19.6. The number of amides is 1. The molecule has 0 aliphatic carbocycles. The minimum atomic E-state index is -0.603. The van der Waals surface area contributed by atoms with Crippen LogP contribution in [0.3, 0.4) is 0 Å². The maximum atomic E-state index is 12.5. The van der Waals surface area contributed by atoms with E-state index in [1.165, 1.54) is 43.5 Å². The fraction of sp³-hybridized carbons (Fsp3) is 0.286. The van der Waals surface area contributed by atoms with Crippen molar-refractivity contribution in [3.63, 3.8) is 0 Å². The number of ether oxygens (including phenoxy) is 2. The van der Waals surface area contributed by atoms with Gasteiger partial charge >= 0.3 is 11.9 Å². The number of nitrogens with one attached hydrogen (secondary N) is 1. The Morgan fingerprint density at radius 2 is 1.57 bits per heavy atom. The monoisotopic (exact) mass is 382 g/mol. The maximum Gasteiger partial charge on any atom is 0.337 e. The number of rotatable bonds is 5. The summed E-state index contributed by atoms with van der Waals surface area (Å²) in [5.74, 6) is -1.43. The zero-order chi connectivity index (χ0) is 20.1. The quantitative estimate of drug-likeness (QED) is 0.799. The number of anilines is 1. The normalized spacial score (nSPS) is 13.4. The first-order valence-corrected chi connectivity index (χ1v) is 8.91. The second-order valence-corrected chi connectivity index (χ2v) is 6.56. The summed E-state index contributed by atoms with van der Waals surface area (Å²) >= 11 is 0. The summed E-state index contributed by atoms with van der Waals surface area (Å²) in [4.78, 5) is 38.3. The molecule has 3 rings (SSSR count). The van der Waals surface area contributed by atoms with Gasteiger partial charge in [0.25, 0.3) is 0 Å². The number of carbonyl (C=O) groups is 3. The van der Waals surface area contributed by atoms with Crippen molar-refractivity contribution < 1.29 is 23.9 Å². The number of esters is 2. The molecule has 0 saturated carbocycles. The van der Waals surface area contributed by atoms with Gasteiger partial charge in [0.15, 0.2) is 0 Å². The Bertz CT molecular complexity index is 875. The van der Waals surface area contributed by atoms with Crippen LogP contribution >= 0.6 is 0 Å². The summed E-state index contributed by atoms with van der Waals surface area (Å²) in [6.45, 7) is 1.71. The zero-order valence-corrected chi connectivity index (χ0v) is 15.9. The lowest BCUT2D eigenvalue weighted by Gasteiger charge is -2.28. The number of benzene rings is 2. The van der Waals surface area contributed by atoms with E-state index < -0.39 is 11.9 Å². The molecule has 0 saturated heterocycles. The Balaban J connectivity index is 1.71. The highest BCUT2D eigenvalue weighted by atomic mass is 16.5. The van der Waals surface area contributed by atoms with E-state index >= 15 is 0 Å². The van der Waals surface area contributed by atoms with Gasteiger partial charge in [-0.25, -0.2) is 9.59 Å². The van der Waals surface area contributed by atoms with Gasteiger partial charge in [-0.1, -0.05) is 24.3 Å². The van der Waals surface area contributed by atoms with Crippen molar-refractivity contribution in [1.29, 1.82) is 0 Å². The number of fused-ring (bicyclic) bond motifs is 1. The third kappa shape index (κ3) is 4.55. The van der Waals surface area contributed by atoms with Crippen molar-refractivity contribution in [2.45, 2.75) is 13.0 Å². The van der Waals surface area contributed by atoms with Gasteiger partial charge < -0.3 is 14.8 Å². The van der Waals surface area contributed by atoms with Crippen LogP contribution in [0, 0.1) is 0 Å². The van der Waals surface area contributed by atoms with Crippen molar-refractivity contribution in [2.24, 2.45) is 0 Å². The van der Waals surface area contributed by atoms with E-state index in [9.17, 15) is 14.4 Å². The van der Waals surface area contributed by atoms with Gasteiger partial charge in [0.2, 0.25) is 5.91 Å². The van der Waals surface area contributed by atoms with Gasteiger partial charge in [-0.05, 0) is 35.7 Å². The number of carbonyl (C=O) groups excluding carboxylic acids is 3. The number of nitrogens with zero attached hydrogens (tertiary/aromatic N) is 1. The number of hydrogen-bond acceptors (Lipinski definition) is 6. The molecule has 2 aromatic carbocycles. The van der Waals surface area contributed by atoms with Crippen molar-refractivity contribution in [3.05, 3.63) is 64.7 Å². The van der Waals surface area contributed by atoms with Gasteiger partial charge in [-0.3, -0.25) is 9.69 Å². The van der Waals surface area contributed by atoms with Crippen LogP contribution in [0.25, 0.3) is 0 Å². The highest BCUT2D eigenvalue weighted by Crippen LogP contribution is 2.20. The van der Waals surface area contributed by atoms with Crippen LogP contribution in [-0.2, 0) is 27.2 Å². The smallest absolute Gasteiger partial charge is 0.337 e. The lowest BCUT2D eigenvalue weighted by atomic mass is 10.00. The summed E-state index contributed by atoms with van der Waals surface area (Å²) < 4.78 is 9.41. The van der Waals surface area contributed by atoms with E-state index in [1.54, 1.807) is 0 Å². The lowest BCUT2D eigenvalue weighted by Crippen LogP contribution is -2.37. The van der Waals surface area contributed by atoms with Gasteiger partial charge in [0.05, 0.1) is 31.9 Å². The van der Waals surface area contributed by atoms with Crippen LogP contribution in [-0.4, -0.2) is 50.1 Å². The highest BCUT2D eigenvalue weighted by molar-refractivity contribution is 5.99. The molecule has 7 heteroatoms. The van der Waals surface area contributed by atoms with Crippen LogP contribution in [0.1, 0.15) is 31.8 Å². The predicted octanol–water partition coefficient (Wildman–Crippen LogP) is 2.26. The summed E-state index contributed by atoms with van der Waals surface area (Å²) in [5, 5.41) is 2.76. The van der Waals surface area contributed by atoms with E-state index in [0.717, 1.165) is 13.0 Å². The molecule has 1 amide bonds. The molecule has 0 aromatic heterocycles. The van der Waals surface area contributed by atoms with Crippen LogP contribution in [0.2, 0.25) is 0 Å². The SMILES string of the molecule is COC(=O)c1cc(NC(=O)CN2CCc3ccccc3C2)cc(C(=O)OC)c1. The minimum absolute atomic E-state index is 0.160. The fourth-order valence-electron chi connectivity index (χ4n) is 3.26. The Morgan fingerprint density at radius 1 is 0.964 bits per heavy atom. The van der Waals surface area contributed by atoms with Gasteiger partial charge in [-0.15, -0.1) is 0 Å². The average molecular weight is 382 g/mol. The molecule has 1 aliphatic rings. The molecule has 0 radical (unpaired) electrons. The van der Waals surface area contributed by atoms with Crippen LogP contribution in [0.5, 0.6) is 0 Å². The molecule has 28 heavy (non-hydrogen) atoms. The summed E-state index contributed by atoms with van der Waals surface area (Å²) in [6.07, 6.45) is 0.897. The molecule has 1 aliphatic heterocycles. The molecule has 0 fully saturated rings. The minimum Gasteiger partial charge on any atom is -0.465 e. The van der Waals surface area contributed by atoms with E-state index in [2.05, 4.69) is 22.3 Å². The molecule has 1 heterocycles. The summed E-state index contributed by atoms with van der Waals surface area (Å²) in [7, 11) is 2.50. The average Bonchev–Trinajstić information content (AvgIpc) is 2.72. The molecule has 0 unspecified atom stereocenters. The van der Waals surface area contributed by atoms with E-state index in [1.807, 2.05) is 12.1 Å². The van der Waals surface area contributed by atoms with E-state index in [-0.39, 0.29) is 23.6 Å². The maximum absolute atomic E-state index is 12.5. The van der Waals surface area contributed by atoms with Crippen molar-refractivity contribution >= 4 is 23.5 Å². The van der Waals surface area contributed by atoms with Crippen LogP contribution in [0.4, 0.5) is 5.69 Å². The number of hydrogen-bond donors (Lipinski definition) is 1. The third-order valence-corrected chi connectivity index (χ3v) is 4.64. The van der Waals surface area contributed by atoms with Crippen LogP contribution in [0.15, 0.2) is 42.5 Å². The Kier molecular flexibility index (Phi) is 6.06. The topological polar surface area (TPSA) is 84.9 Å². The Hall–Kier alpha value is -3.19. The molecule has 0 bridgehead atoms. The molecule has 1 N–H and O–H groups in total. The lowest BCUT2D eigenvalue weighted by molar-refractivity contribution is -0.117. The Morgan fingerprint density at radius 3 is 2.18 bits per heavy atom. The van der Waals surface area contributed by atoms with Crippen molar-refractivity contribution in [2.75, 3.05) is 32.6 Å². The summed E-state index contributed by atoms with van der Waals surface area (Å²) in [6, 6.07) is 12.5. The Labute approximate surface area is 163 Å². The first-order chi connectivity index (χ1) is 13.5. The van der Waals surface area contributed by atoms with Crippen molar-refractivity contribution in [3.8, 4) is 0 Å². The molecule has 2 aromatic rings. The molecule has 0 atom stereocenters. The van der Waals surface area contributed by atoms with E-state index in [0.29, 0.717) is 12.2 Å². The molecule has 146 valence electrons. The molecule has 0 spiro atoms. The molecule has 7 nitrogen and oxygen atoms in total. The second kappa shape index (κ2) is 8.67. The van der Waals surface area contributed by atoms with Crippen LogP contribution < -0.4 is 5.32 Å². The first-order valence-electron chi connectivity index (χ1n) is 8.91. The van der Waals surface area contributed by atoms with Crippen molar-refractivity contribution in [1.82, 2.24) is 4.90 Å². The highest BCUT2D eigenvalue weighted by Gasteiger charge is 2.19. The molecular formula is C21H22N2O5. The van der Waals surface area contributed by atoms with E-state index in [4.69, 9.17) is 9.47 Å². The molecular weight excluding hydrogens is 360 g/mol. The van der Waals surface area contributed by atoms with Gasteiger partial charge in [0.1, 0.15) is 0 Å². The predicted molar refractivity (Wildman–Crippen MR) is 103 cm³/mol. The third-order valence-electron chi connectivity index (χ3n) is 4.64. The largest absolute Gasteiger partial charge is 0.465 e.